The molecule has 0 saturated heterocycles. The second-order valence-corrected chi connectivity index (χ2v) is 9.85. The molecule has 1 aliphatic heterocycles. The van der Waals surface area contributed by atoms with Gasteiger partial charge >= 0.3 is 0 Å². The molecule has 24 heavy (non-hydrogen) atoms. The predicted molar refractivity (Wildman–Crippen MR) is 117 cm³/mol. The van der Waals surface area contributed by atoms with Gasteiger partial charge in [-0.05, 0) is 42.1 Å². The lowest BCUT2D eigenvalue weighted by Crippen LogP contribution is -1.97. The lowest BCUT2D eigenvalue weighted by atomic mass is 10.00. The molecule has 1 heterocycles. The summed E-state index contributed by atoms with van der Waals surface area (Å²) in [5.41, 5.74) is 4.30. The second kappa shape index (κ2) is 9.14. The van der Waals surface area contributed by atoms with Crippen molar-refractivity contribution >= 4 is 47.0 Å². The maximum Gasteiger partial charge on any atom is 0.0657 e. The number of hydrogen-bond acceptors (Lipinski definition) is 4. The van der Waals surface area contributed by atoms with E-state index in [1.54, 1.807) is 0 Å². The average molecular weight is 389 g/mol. The smallest absolute Gasteiger partial charge is 0.0657 e. The van der Waals surface area contributed by atoms with Gasteiger partial charge in [-0.25, -0.2) is 0 Å². The number of hydrogen-bond donors (Lipinski definition) is 0. The highest BCUT2D eigenvalue weighted by Crippen LogP contribution is 2.57. The monoisotopic (exact) mass is 388 g/mol. The van der Waals surface area contributed by atoms with E-state index >= 15 is 0 Å². The van der Waals surface area contributed by atoms with Crippen molar-refractivity contribution in [1.82, 2.24) is 0 Å². The van der Waals surface area contributed by atoms with E-state index in [-0.39, 0.29) is 0 Å². The molecule has 0 amide bonds. The lowest BCUT2D eigenvalue weighted by molar-refractivity contribution is 1.04. The summed E-state index contributed by atoms with van der Waals surface area (Å²) in [6, 6.07) is 21.6. The largest absolute Gasteiger partial charge is 0.121 e. The number of thioether (sulfide) groups is 4. The summed E-state index contributed by atoms with van der Waals surface area (Å²) in [5.74, 6) is 0. The topological polar surface area (TPSA) is 0 Å². The minimum absolute atomic E-state index is 1.02. The van der Waals surface area contributed by atoms with Crippen LogP contribution < -0.4 is 0 Å². The Morgan fingerprint density at radius 3 is 1.50 bits per heavy atom. The third kappa shape index (κ3) is 4.69. The second-order valence-electron chi connectivity index (χ2n) is 5.40. The van der Waals surface area contributed by atoms with Gasteiger partial charge in [0.1, 0.15) is 0 Å². The molecule has 3 rings (SSSR count). The van der Waals surface area contributed by atoms with Crippen LogP contribution in [0.15, 0.2) is 78.9 Å². The fourth-order valence-corrected chi connectivity index (χ4v) is 7.62. The Morgan fingerprint density at radius 2 is 1.12 bits per heavy atom. The van der Waals surface area contributed by atoms with Crippen molar-refractivity contribution in [3.05, 3.63) is 90.1 Å². The molecule has 0 atom stereocenters. The Labute approximate surface area is 162 Å². The van der Waals surface area contributed by atoms with Gasteiger partial charge in [0.2, 0.25) is 0 Å². The summed E-state index contributed by atoms with van der Waals surface area (Å²) in [6.45, 7) is 0. The first-order valence-corrected chi connectivity index (χ1v) is 11.9. The van der Waals surface area contributed by atoms with Crippen molar-refractivity contribution in [2.45, 2.75) is 12.8 Å². The molecule has 0 fully saturated rings. The first-order valence-electron chi connectivity index (χ1n) is 7.78. The highest BCUT2D eigenvalue weighted by atomic mass is 32.3. The van der Waals surface area contributed by atoms with Gasteiger partial charge in [-0.3, -0.25) is 0 Å². The van der Waals surface area contributed by atoms with Crippen molar-refractivity contribution in [3.8, 4) is 0 Å². The van der Waals surface area contributed by atoms with Crippen LogP contribution in [0.1, 0.15) is 11.1 Å². The fraction of sp³-hybridized carbons (Fsp3) is 0.200. The molecule has 0 aromatic heterocycles. The lowest BCUT2D eigenvalue weighted by Gasteiger charge is -2.12. The first-order chi connectivity index (χ1) is 11.8. The molecule has 0 radical (unpaired) electrons. The Hall–Kier alpha value is -0.680. The normalized spacial score (nSPS) is 14.3. The molecule has 1 aliphatic rings. The molecule has 4 heteroatoms. The van der Waals surface area contributed by atoms with Crippen LogP contribution in [-0.4, -0.2) is 12.5 Å². The Bertz CT molecular complexity index is 671. The molecule has 2 aromatic rings. The molecule has 0 unspecified atom stereocenters. The van der Waals surface area contributed by atoms with Crippen molar-refractivity contribution < 1.29 is 0 Å². The van der Waals surface area contributed by atoms with Crippen molar-refractivity contribution in [2.75, 3.05) is 12.5 Å². The van der Waals surface area contributed by atoms with Gasteiger partial charge in [0.15, 0.2) is 0 Å². The van der Waals surface area contributed by atoms with Crippen LogP contribution in [0.5, 0.6) is 0 Å². The van der Waals surface area contributed by atoms with E-state index < -0.39 is 0 Å². The third-order valence-corrected chi connectivity index (χ3v) is 9.11. The zero-order chi connectivity index (χ0) is 16.8. The number of benzene rings is 2. The molecule has 0 nitrogen and oxygen atoms in total. The highest BCUT2D eigenvalue weighted by molar-refractivity contribution is 8.40. The highest BCUT2D eigenvalue weighted by Gasteiger charge is 2.23. The SMILES string of the molecule is CSC1=C(SC)SC(=C(Cc2ccccc2)Cc2ccccc2)S1. The quantitative estimate of drug-likeness (QED) is 0.521. The molecule has 0 spiro atoms. The van der Waals surface area contributed by atoms with Crippen LogP contribution in [0.4, 0.5) is 0 Å². The summed E-state index contributed by atoms with van der Waals surface area (Å²) >= 11 is 7.64. The standard InChI is InChI=1S/C20H20S4/c1-21-19-20(22-2)24-18(23-19)17(13-15-9-5-3-6-10-15)14-16-11-7-4-8-12-16/h3-12H,13-14H2,1-2H3. The van der Waals surface area contributed by atoms with Crippen LogP contribution in [0, 0.1) is 0 Å². The maximum atomic E-state index is 2.23. The molecular weight excluding hydrogens is 368 g/mol. The summed E-state index contributed by atoms with van der Waals surface area (Å²) < 4.78 is 4.36. The summed E-state index contributed by atoms with van der Waals surface area (Å²) in [6.07, 6.45) is 6.40. The van der Waals surface area contributed by atoms with E-state index in [2.05, 4.69) is 73.2 Å². The fourth-order valence-electron chi connectivity index (χ4n) is 2.56. The maximum absolute atomic E-state index is 2.23. The minimum Gasteiger partial charge on any atom is -0.121 e. The Morgan fingerprint density at radius 1 is 0.708 bits per heavy atom. The van der Waals surface area contributed by atoms with Gasteiger partial charge in [0.25, 0.3) is 0 Å². The predicted octanol–water partition coefficient (Wildman–Crippen LogP) is 7.02. The summed E-state index contributed by atoms with van der Waals surface area (Å²) in [4.78, 5) is 0. The Balaban J connectivity index is 1.89. The third-order valence-electron chi connectivity index (χ3n) is 3.72. The average Bonchev–Trinajstić information content (AvgIpc) is 3.06. The Kier molecular flexibility index (Phi) is 6.90. The van der Waals surface area contributed by atoms with Gasteiger partial charge in [-0.2, -0.15) is 0 Å². The van der Waals surface area contributed by atoms with Crippen LogP contribution in [0.25, 0.3) is 0 Å². The van der Waals surface area contributed by atoms with Crippen LogP contribution in [0.2, 0.25) is 0 Å². The number of allylic oxidation sites excluding steroid dienone is 1. The molecule has 2 aromatic carbocycles. The van der Waals surface area contributed by atoms with E-state index in [9.17, 15) is 0 Å². The van der Waals surface area contributed by atoms with E-state index in [0.29, 0.717) is 0 Å². The molecule has 0 bridgehead atoms. The van der Waals surface area contributed by atoms with Crippen LogP contribution >= 0.6 is 47.0 Å². The van der Waals surface area contributed by atoms with Gasteiger partial charge in [-0.1, -0.05) is 84.2 Å². The van der Waals surface area contributed by atoms with Crippen LogP contribution in [-0.2, 0) is 12.8 Å². The van der Waals surface area contributed by atoms with Gasteiger partial charge < -0.3 is 0 Å². The summed E-state index contributed by atoms with van der Waals surface area (Å²) in [7, 11) is 0. The van der Waals surface area contributed by atoms with E-state index in [0.717, 1.165) is 12.8 Å². The molecule has 0 N–H and O–H groups in total. The van der Waals surface area contributed by atoms with E-state index in [1.165, 1.54) is 29.4 Å². The zero-order valence-electron chi connectivity index (χ0n) is 13.8. The van der Waals surface area contributed by atoms with Gasteiger partial charge in [0, 0.05) is 0 Å². The van der Waals surface area contributed by atoms with E-state index in [1.807, 2.05) is 47.0 Å². The van der Waals surface area contributed by atoms with Gasteiger partial charge in [0.05, 0.1) is 12.7 Å². The minimum atomic E-state index is 1.02. The molecule has 124 valence electrons. The summed E-state index contributed by atoms with van der Waals surface area (Å²) in [5, 5.41) is 0. The molecule has 0 saturated carbocycles. The van der Waals surface area contributed by atoms with Gasteiger partial charge in [-0.15, -0.1) is 23.5 Å². The van der Waals surface area contributed by atoms with Crippen LogP contribution in [0.3, 0.4) is 0 Å². The number of rotatable bonds is 6. The first kappa shape index (κ1) is 18.1. The van der Waals surface area contributed by atoms with Crippen molar-refractivity contribution in [3.63, 3.8) is 0 Å². The zero-order valence-corrected chi connectivity index (χ0v) is 17.1. The van der Waals surface area contributed by atoms with E-state index in [4.69, 9.17) is 0 Å². The van der Waals surface area contributed by atoms with Crippen molar-refractivity contribution in [1.29, 1.82) is 0 Å². The van der Waals surface area contributed by atoms with Crippen molar-refractivity contribution in [2.24, 2.45) is 0 Å². The molecular formula is C20H20S4. The molecule has 0 aliphatic carbocycles.